The minimum Gasteiger partial charge on any atom is -0.455 e. The van der Waals surface area contributed by atoms with Crippen LogP contribution in [0.25, 0.3) is 0 Å². The number of benzene rings is 1. The van der Waals surface area contributed by atoms with Gasteiger partial charge in [0.25, 0.3) is 5.91 Å². The normalized spacial score (nSPS) is 22.0. The molecule has 6 heteroatoms. The Kier molecular flexibility index (Phi) is 5.59. The number of hydrogen-bond acceptors (Lipinski definition) is 4. The van der Waals surface area contributed by atoms with Gasteiger partial charge in [-0.25, -0.2) is 0 Å². The Morgan fingerprint density at radius 1 is 1.08 bits per heavy atom. The molecule has 2 fully saturated rings. The highest BCUT2D eigenvalue weighted by molar-refractivity contribution is 5.89. The van der Waals surface area contributed by atoms with E-state index in [1.54, 1.807) is 0 Å². The number of nitrogens with zero attached hydrogens (tertiary/aromatic N) is 1. The third-order valence-electron chi connectivity index (χ3n) is 5.65. The molecular weight excluding hydrogens is 332 g/mol. The summed E-state index contributed by atoms with van der Waals surface area (Å²) in [6.07, 6.45) is 5.67. The maximum atomic E-state index is 12.9. The second kappa shape index (κ2) is 7.89. The highest BCUT2D eigenvalue weighted by atomic mass is 16.5. The van der Waals surface area contributed by atoms with Crippen molar-refractivity contribution in [1.29, 1.82) is 0 Å². The number of hydrogen-bond donors (Lipinski definition) is 1. The molecule has 0 unspecified atom stereocenters. The van der Waals surface area contributed by atoms with Crippen molar-refractivity contribution in [2.75, 3.05) is 13.2 Å². The summed E-state index contributed by atoms with van der Waals surface area (Å²) in [5.74, 6) is -1.19. The molecule has 2 N–H and O–H groups in total. The van der Waals surface area contributed by atoms with E-state index in [0.717, 1.165) is 44.1 Å². The molecule has 1 aliphatic carbocycles. The average molecular weight is 358 g/mol. The summed E-state index contributed by atoms with van der Waals surface area (Å²) in [6.45, 7) is 0.144. The van der Waals surface area contributed by atoms with E-state index in [9.17, 15) is 14.4 Å². The highest BCUT2D eigenvalue weighted by Gasteiger charge is 2.44. The second-order valence-electron chi connectivity index (χ2n) is 7.23. The Bertz CT molecular complexity index is 668. The number of primary amides is 1. The first-order valence-corrected chi connectivity index (χ1v) is 9.36. The molecule has 0 radical (unpaired) electrons. The van der Waals surface area contributed by atoms with Crippen molar-refractivity contribution in [3.63, 3.8) is 0 Å². The quantitative estimate of drug-likeness (QED) is 0.814. The van der Waals surface area contributed by atoms with Crippen LogP contribution in [-0.4, -0.2) is 41.9 Å². The van der Waals surface area contributed by atoms with Gasteiger partial charge in [-0.15, -0.1) is 0 Å². The van der Waals surface area contributed by atoms with Gasteiger partial charge < -0.3 is 15.4 Å². The van der Waals surface area contributed by atoms with Crippen molar-refractivity contribution >= 4 is 17.8 Å². The lowest BCUT2D eigenvalue weighted by Gasteiger charge is -2.34. The van der Waals surface area contributed by atoms with E-state index >= 15 is 0 Å². The number of piperidine rings is 1. The van der Waals surface area contributed by atoms with E-state index in [2.05, 4.69) is 0 Å². The fourth-order valence-electron chi connectivity index (χ4n) is 4.22. The Hall–Kier alpha value is -2.37. The Labute approximate surface area is 153 Å². The van der Waals surface area contributed by atoms with Crippen molar-refractivity contribution in [3.05, 3.63) is 35.9 Å². The van der Waals surface area contributed by atoms with Crippen molar-refractivity contribution in [3.8, 4) is 0 Å². The van der Waals surface area contributed by atoms with E-state index in [1.165, 1.54) is 4.90 Å². The number of carbonyl (C=O) groups excluding carboxylic acids is 3. The molecule has 26 heavy (non-hydrogen) atoms. The third kappa shape index (κ3) is 3.59. The van der Waals surface area contributed by atoms with Gasteiger partial charge in [0.15, 0.2) is 6.61 Å². The molecule has 1 atom stereocenters. The minimum atomic E-state index is -0.660. The standard InChI is InChI=1S/C20H26N2O4/c21-18(24)16-10-4-7-13-22(16)17(23)14-26-19(25)20(11-5-6-12-20)15-8-2-1-3-9-15/h1-3,8-9,16H,4-7,10-14H2,(H2,21,24)/t16-/m0/s1. The van der Waals surface area contributed by atoms with Crippen LogP contribution in [-0.2, 0) is 24.5 Å². The van der Waals surface area contributed by atoms with E-state index in [4.69, 9.17) is 10.5 Å². The molecule has 6 nitrogen and oxygen atoms in total. The lowest BCUT2D eigenvalue weighted by Crippen LogP contribution is -2.52. The van der Waals surface area contributed by atoms with Crippen LogP contribution in [0.4, 0.5) is 0 Å². The van der Waals surface area contributed by atoms with Crippen molar-refractivity contribution in [1.82, 2.24) is 4.90 Å². The van der Waals surface area contributed by atoms with Crippen molar-refractivity contribution in [2.45, 2.75) is 56.4 Å². The average Bonchev–Trinajstić information content (AvgIpc) is 3.17. The predicted octanol–water partition coefficient (Wildman–Crippen LogP) is 1.91. The van der Waals surface area contributed by atoms with E-state index < -0.39 is 17.4 Å². The topological polar surface area (TPSA) is 89.7 Å². The van der Waals surface area contributed by atoms with Crippen LogP contribution in [0.3, 0.4) is 0 Å². The SMILES string of the molecule is NC(=O)[C@@H]1CCCCN1C(=O)COC(=O)C1(c2ccccc2)CCCC1. The Morgan fingerprint density at radius 2 is 1.77 bits per heavy atom. The van der Waals surface area contributed by atoms with Gasteiger partial charge in [-0.2, -0.15) is 0 Å². The monoisotopic (exact) mass is 358 g/mol. The molecule has 1 saturated heterocycles. The van der Waals surface area contributed by atoms with Crippen LogP contribution in [0.2, 0.25) is 0 Å². The number of carbonyl (C=O) groups is 3. The molecule has 2 aliphatic rings. The van der Waals surface area contributed by atoms with E-state index in [-0.39, 0.29) is 18.5 Å². The molecule has 1 saturated carbocycles. The largest absolute Gasteiger partial charge is 0.455 e. The molecule has 2 amide bonds. The minimum absolute atomic E-state index is 0.336. The van der Waals surface area contributed by atoms with Crippen LogP contribution in [0.15, 0.2) is 30.3 Å². The number of rotatable bonds is 5. The fourth-order valence-corrected chi connectivity index (χ4v) is 4.22. The maximum absolute atomic E-state index is 12.9. The molecule has 1 aromatic carbocycles. The summed E-state index contributed by atoms with van der Waals surface area (Å²) in [5, 5.41) is 0. The Morgan fingerprint density at radius 3 is 2.42 bits per heavy atom. The maximum Gasteiger partial charge on any atom is 0.317 e. The Balaban J connectivity index is 1.67. The van der Waals surface area contributed by atoms with Gasteiger partial charge >= 0.3 is 5.97 Å². The molecule has 0 aromatic heterocycles. The number of esters is 1. The first kappa shape index (κ1) is 18.4. The number of nitrogens with two attached hydrogens (primary N) is 1. The van der Waals surface area contributed by atoms with Gasteiger partial charge in [0, 0.05) is 6.54 Å². The zero-order valence-electron chi connectivity index (χ0n) is 15.0. The molecule has 0 bridgehead atoms. The summed E-state index contributed by atoms with van der Waals surface area (Å²) in [6, 6.07) is 9.05. The fraction of sp³-hybridized carbons (Fsp3) is 0.550. The molecule has 1 aromatic rings. The second-order valence-corrected chi connectivity index (χ2v) is 7.23. The van der Waals surface area contributed by atoms with Crippen molar-refractivity contribution < 1.29 is 19.1 Å². The molecular formula is C20H26N2O4. The van der Waals surface area contributed by atoms with E-state index in [0.29, 0.717) is 13.0 Å². The van der Waals surface area contributed by atoms with Crippen LogP contribution >= 0.6 is 0 Å². The van der Waals surface area contributed by atoms with Crippen LogP contribution in [0.5, 0.6) is 0 Å². The zero-order chi connectivity index (χ0) is 18.6. The lowest BCUT2D eigenvalue weighted by molar-refractivity contribution is -0.159. The highest BCUT2D eigenvalue weighted by Crippen LogP contribution is 2.42. The van der Waals surface area contributed by atoms with Crippen LogP contribution in [0.1, 0.15) is 50.5 Å². The number of amides is 2. The summed E-state index contributed by atoms with van der Waals surface area (Å²) in [4.78, 5) is 38.4. The first-order valence-electron chi connectivity index (χ1n) is 9.36. The number of ether oxygens (including phenoxy) is 1. The summed E-state index contributed by atoms with van der Waals surface area (Å²) >= 11 is 0. The number of likely N-dealkylation sites (tertiary alicyclic amines) is 1. The van der Waals surface area contributed by atoms with Gasteiger partial charge in [0.2, 0.25) is 5.91 Å². The molecule has 140 valence electrons. The van der Waals surface area contributed by atoms with E-state index in [1.807, 2.05) is 30.3 Å². The van der Waals surface area contributed by atoms with Gasteiger partial charge in [-0.1, -0.05) is 43.2 Å². The molecule has 1 aliphatic heterocycles. The molecule has 0 spiro atoms. The smallest absolute Gasteiger partial charge is 0.317 e. The first-order chi connectivity index (χ1) is 12.5. The van der Waals surface area contributed by atoms with Gasteiger partial charge in [0.05, 0.1) is 5.41 Å². The van der Waals surface area contributed by atoms with Crippen LogP contribution < -0.4 is 5.73 Å². The summed E-state index contributed by atoms with van der Waals surface area (Å²) < 4.78 is 5.44. The summed E-state index contributed by atoms with van der Waals surface area (Å²) in [5.41, 5.74) is 5.69. The van der Waals surface area contributed by atoms with Gasteiger partial charge in [-0.05, 0) is 37.7 Å². The summed E-state index contributed by atoms with van der Waals surface area (Å²) in [7, 11) is 0. The third-order valence-corrected chi connectivity index (χ3v) is 5.65. The van der Waals surface area contributed by atoms with Crippen LogP contribution in [0, 0.1) is 0 Å². The van der Waals surface area contributed by atoms with Crippen molar-refractivity contribution in [2.24, 2.45) is 5.73 Å². The van der Waals surface area contributed by atoms with Gasteiger partial charge in [0.1, 0.15) is 6.04 Å². The lowest BCUT2D eigenvalue weighted by atomic mass is 9.79. The van der Waals surface area contributed by atoms with Gasteiger partial charge in [-0.3, -0.25) is 14.4 Å². The zero-order valence-corrected chi connectivity index (χ0v) is 15.0. The molecule has 1 heterocycles. The molecule has 3 rings (SSSR count). The predicted molar refractivity (Wildman–Crippen MR) is 96.1 cm³/mol.